The largest absolute Gasteiger partial charge is 0.468 e. The molecule has 0 radical (unpaired) electrons. The van der Waals surface area contributed by atoms with Gasteiger partial charge in [0.15, 0.2) is 0 Å². The van der Waals surface area contributed by atoms with Crippen molar-refractivity contribution in [1.82, 2.24) is 0 Å². The maximum Gasteiger partial charge on any atom is 0.237 e. The van der Waals surface area contributed by atoms with Crippen molar-refractivity contribution in [2.45, 2.75) is 24.9 Å². The van der Waals surface area contributed by atoms with Crippen LogP contribution in [0, 0.1) is 6.92 Å². The van der Waals surface area contributed by atoms with Crippen molar-refractivity contribution >= 4 is 23.4 Å². The second-order valence-corrected chi connectivity index (χ2v) is 5.72. The molecule has 0 spiro atoms. The summed E-state index contributed by atoms with van der Waals surface area (Å²) in [6.45, 7) is 3.91. The van der Waals surface area contributed by atoms with Crippen LogP contribution in [0.1, 0.15) is 18.2 Å². The first-order valence-electron chi connectivity index (χ1n) is 6.16. The molecule has 1 N–H and O–H groups in total. The highest BCUT2D eigenvalue weighted by Gasteiger charge is 2.14. The van der Waals surface area contributed by atoms with Gasteiger partial charge in [-0.25, -0.2) is 0 Å². The van der Waals surface area contributed by atoms with Crippen LogP contribution in [0.2, 0.25) is 0 Å². The van der Waals surface area contributed by atoms with E-state index < -0.39 is 0 Å². The van der Waals surface area contributed by atoms with Gasteiger partial charge in [0.05, 0.1) is 17.3 Å². The SMILES string of the molecule is Cc1cccc(NC(=O)C(C)SCc2ccco2)c1. The molecule has 0 aliphatic rings. The Morgan fingerprint density at radius 1 is 1.37 bits per heavy atom. The first-order valence-corrected chi connectivity index (χ1v) is 7.21. The summed E-state index contributed by atoms with van der Waals surface area (Å²) in [5, 5.41) is 2.80. The van der Waals surface area contributed by atoms with E-state index in [9.17, 15) is 4.79 Å². The molecule has 3 nitrogen and oxygen atoms in total. The second-order valence-electron chi connectivity index (χ2n) is 4.39. The molecule has 1 aromatic carbocycles. The van der Waals surface area contributed by atoms with E-state index in [1.807, 2.05) is 50.2 Å². The number of hydrogen-bond acceptors (Lipinski definition) is 3. The van der Waals surface area contributed by atoms with Crippen molar-refractivity contribution in [3.63, 3.8) is 0 Å². The van der Waals surface area contributed by atoms with Crippen LogP contribution in [0.15, 0.2) is 47.1 Å². The smallest absolute Gasteiger partial charge is 0.237 e. The third-order valence-corrected chi connectivity index (χ3v) is 3.88. The van der Waals surface area contributed by atoms with E-state index >= 15 is 0 Å². The van der Waals surface area contributed by atoms with Gasteiger partial charge in [-0.05, 0) is 43.7 Å². The summed E-state index contributed by atoms with van der Waals surface area (Å²) in [4.78, 5) is 12.0. The number of nitrogens with one attached hydrogen (secondary N) is 1. The number of carbonyl (C=O) groups is 1. The molecule has 0 saturated carbocycles. The predicted octanol–water partition coefficient (Wildman–Crippen LogP) is 3.85. The molecule has 0 aliphatic carbocycles. The zero-order chi connectivity index (χ0) is 13.7. The number of aryl methyl sites for hydroxylation is 1. The summed E-state index contributed by atoms with van der Waals surface area (Å²) in [7, 11) is 0. The second kappa shape index (κ2) is 6.48. The zero-order valence-electron chi connectivity index (χ0n) is 11.1. The molecule has 0 bridgehead atoms. The molecule has 19 heavy (non-hydrogen) atoms. The van der Waals surface area contributed by atoms with E-state index in [0.29, 0.717) is 5.75 Å². The Morgan fingerprint density at radius 3 is 2.89 bits per heavy atom. The Labute approximate surface area is 117 Å². The lowest BCUT2D eigenvalue weighted by atomic mass is 10.2. The van der Waals surface area contributed by atoms with Gasteiger partial charge in [-0.3, -0.25) is 4.79 Å². The predicted molar refractivity (Wildman–Crippen MR) is 79.3 cm³/mol. The van der Waals surface area contributed by atoms with Crippen molar-refractivity contribution in [2.24, 2.45) is 0 Å². The van der Waals surface area contributed by atoms with E-state index in [1.54, 1.807) is 18.0 Å². The zero-order valence-corrected chi connectivity index (χ0v) is 11.9. The van der Waals surface area contributed by atoms with Crippen LogP contribution in [0.4, 0.5) is 5.69 Å². The molecule has 1 unspecified atom stereocenters. The summed E-state index contributed by atoms with van der Waals surface area (Å²) < 4.78 is 5.25. The molecular formula is C15H17NO2S. The maximum atomic E-state index is 12.0. The highest BCUT2D eigenvalue weighted by Crippen LogP contribution is 2.19. The molecule has 100 valence electrons. The number of carbonyl (C=O) groups excluding carboxylic acids is 1. The average molecular weight is 275 g/mol. The van der Waals surface area contributed by atoms with Crippen LogP contribution in [-0.2, 0) is 10.5 Å². The minimum absolute atomic E-state index is 0.0159. The van der Waals surface area contributed by atoms with E-state index in [0.717, 1.165) is 17.0 Å². The molecule has 1 amide bonds. The molecule has 4 heteroatoms. The number of hydrogen-bond donors (Lipinski definition) is 1. The summed E-state index contributed by atoms with van der Waals surface area (Å²) >= 11 is 1.56. The van der Waals surface area contributed by atoms with E-state index in [4.69, 9.17) is 4.42 Å². The van der Waals surface area contributed by atoms with Crippen LogP contribution in [0.5, 0.6) is 0 Å². The standard InChI is InChI=1S/C15H17NO2S/c1-11-5-3-6-13(9-11)16-15(17)12(2)19-10-14-7-4-8-18-14/h3-9,12H,10H2,1-2H3,(H,16,17). The van der Waals surface area contributed by atoms with E-state index in [-0.39, 0.29) is 11.2 Å². The number of amides is 1. The van der Waals surface area contributed by atoms with Crippen LogP contribution in [-0.4, -0.2) is 11.2 Å². The van der Waals surface area contributed by atoms with Gasteiger partial charge in [0, 0.05) is 5.69 Å². The first-order chi connectivity index (χ1) is 9.15. The Balaban J connectivity index is 1.85. The van der Waals surface area contributed by atoms with Crippen LogP contribution in [0.3, 0.4) is 0 Å². The monoisotopic (exact) mass is 275 g/mol. The molecule has 1 heterocycles. The fourth-order valence-corrected chi connectivity index (χ4v) is 2.43. The fourth-order valence-electron chi connectivity index (χ4n) is 1.64. The average Bonchev–Trinajstić information content (AvgIpc) is 2.89. The third-order valence-electron chi connectivity index (χ3n) is 2.71. The quantitative estimate of drug-likeness (QED) is 0.901. The highest BCUT2D eigenvalue weighted by molar-refractivity contribution is 7.99. The maximum absolute atomic E-state index is 12.0. The normalized spacial score (nSPS) is 12.1. The lowest BCUT2D eigenvalue weighted by Gasteiger charge is -2.11. The van der Waals surface area contributed by atoms with Gasteiger partial charge >= 0.3 is 0 Å². The van der Waals surface area contributed by atoms with Gasteiger partial charge in [0.2, 0.25) is 5.91 Å². The first kappa shape index (κ1) is 13.7. The Hall–Kier alpha value is -1.68. The molecule has 2 aromatic rings. The summed E-state index contributed by atoms with van der Waals surface area (Å²) in [5.74, 6) is 1.61. The van der Waals surface area contributed by atoms with E-state index in [1.165, 1.54) is 0 Å². The topological polar surface area (TPSA) is 42.2 Å². The van der Waals surface area contributed by atoms with Crippen molar-refractivity contribution in [1.29, 1.82) is 0 Å². The molecule has 0 fully saturated rings. The van der Waals surface area contributed by atoms with Crippen molar-refractivity contribution in [2.75, 3.05) is 5.32 Å². The summed E-state index contributed by atoms with van der Waals surface area (Å²) in [6, 6.07) is 11.6. The molecule has 0 aliphatic heterocycles. The fraction of sp³-hybridized carbons (Fsp3) is 0.267. The van der Waals surface area contributed by atoms with Gasteiger partial charge in [0.1, 0.15) is 5.76 Å². The van der Waals surface area contributed by atoms with Crippen LogP contribution < -0.4 is 5.32 Å². The number of anilines is 1. The Bertz CT molecular complexity index is 537. The lowest BCUT2D eigenvalue weighted by molar-refractivity contribution is -0.115. The third kappa shape index (κ3) is 4.17. The van der Waals surface area contributed by atoms with Gasteiger partial charge in [0.25, 0.3) is 0 Å². The van der Waals surface area contributed by atoms with Crippen LogP contribution in [0.25, 0.3) is 0 Å². The van der Waals surface area contributed by atoms with Crippen molar-refractivity contribution in [3.05, 3.63) is 54.0 Å². The number of thioether (sulfide) groups is 1. The lowest BCUT2D eigenvalue weighted by Crippen LogP contribution is -2.22. The summed E-state index contributed by atoms with van der Waals surface area (Å²) in [5.41, 5.74) is 1.98. The highest BCUT2D eigenvalue weighted by atomic mass is 32.2. The molecule has 1 aromatic heterocycles. The van der Waals surface area contributed by atoms with E-state index in [2.05, 4.69) is 5.32 Å². The van der Waals surface area contributed by atoms with Crippen molar-refractivity contribution < 1.29 is 9.21 Å². The molecule has 2 rings (SSSR count). The Kier molecular flexibility index (Phi) is 4.68. The van der Waals surface area contributed by atoms with Crippen molar-refractivity contribution in [3.8, 4) is 0 Å². The minimum Gasteiger partial charge on any atom is -0.468 e. The minimum atomic E-state index is -0.120. The number of rotatable bonds is 5. The van der Waals surface area contributed by atoms with Gasteiger partial charge < -0.3 is 9.73 Å². The van der Waals surface area contributed by atoms with Gasteiger partial charge in [-0.15, -0.1) is 11.8 Å². The molecular weight excluding hydrogens is 258 g/mol. The van der Waals surface area contributed by atoms with Gasteiger partial charge in [-0.2, -0.15) is 0 Å². The number of benzene rings is 1. The number of furan rings is 1. The van der Waals surface area contributed by atoms with Gasteiger partial charge in [-0.1, -0.05) is 12.1 Å². The van der Waals surface area contributed by atoms with Crippen LogP contribution >= 0.6 is 11.8 Å². The Morgan fingerprint density at radius 2 is 2.21 bits per heavy atom. The molecule has 1 atom stereocenters. The summed E-state index contributed by atoms with van der Waals surface area (Å²) in [6.07, 6.45) is 1.65. The molecule has 0 saturated heterocycles.